The van der Waals surface area contributed by atoms with E-state index in [1.807, 2.05) is 12.1 Å². The van der Waals surface area contributed by atoms with Gasteiger partial charge in [0.2, 0.25) is 0 Å². The van der Waals surface area contributed by atoms with Crippen LogP contribution in [0.2, 0.25) is 0 Å². The van der Waals surface area contributed by atoms with Gasteiger partial charge in [-0.15, -0.1) is 0 Å². The molecule has 190 valence electrons. The van der Waals surface area contributed by atoms with E-state index in [1.54, 1.807) is 12.1 Å². The smallest absolute Gasteiger partial charge is 0.341 e. The standard InChI is InChI=1S/C29H27F5O2/c1-2-16-3-5-17(6-4-16)7-8-18-9-11-19(12-10-18)21-15-22(30)26(29(35)36)28(34)25(21)20-13-23(31)27(33)24(32)14-20/h9-17H,2-8H2,1H3,(H,35,36). The summed E-state index contributed by atoms with van der Waals surface area (Å²) < 4.78 is 71.3. The molecule has 4 rings (SSSR count). The molecule has 36 heavy (non-hydrogen) atoms. The Morgan fingerprint density at radius 2 is 1.39 bits per heavy atom. The van der Waals surface area contributed by atoms with Gasteiger partial charge in [0.05, 0.1) is 0 Å². The van der Waals surface area contributed by atoms with Crippen LogP contribution in [0.25, 0.3) is 22.3 Å². The molecule has 1 fully saturated rings. The number of halogens is 5. The Hall–Kier alpha value is -3.22. The maximum atomic E-state index is 15.3. The second-order valence-electron chi connectivity index (χ2n) is 9.56. The minimum absolute atomic E-state index is 0.0927. The van der Waals surface area contributed by atoms with Crippen molar-refractivity contribution in [3.63, 3.8) is 0 Å². The number of aryl methyl sites for hydroxylation is 1. The number of hydrogen-bond acceptors (Lipinski definition) is 1. The highest BCUT2D eigenvalue weighted by atomic mass is 19.2. The van der Waals surface area contributed by atoms with E-state index in [0.717, 1.165) is 30.4 Å². The summed E-state index contributed by atoms with van der Waals surface area (Å²) in [5.41, 5.74) is -0.935. The second-order valence-corrected chi connectivity index (χ2v) is 9.56. The van der Waals surface area contributed by atoms with Crippen LogP contribution in [-0.4, -0.2) is 11.1 Å². The highest BCUT2D eigenvalue weighted by molar-refractivity contribution is 5.94. The van der Waals surface area contributed by atoms with E-state index >= 15 is 4.39 Å². The zero-order valence-corrected chi connectivity index (χ0v) is 19.9. The van der Waals surface area contributed by atoms with Crippen molar-refractivity contribution in [2.75, 3.05) is 0 Å². The Kier molecular flexibility index (Phi) is 7.76. The van der Waals surface area contributed by atoms with E-state index < -0.39 is 51.7 Å². The number of carboxylic acids is 1. The Labute approximate surface area is 206 Å². The third-order valence-electron chi connectivity index (χ3n) is 7.35. The minimum Gasteiger partial charge on any atom is -0.477 e. The molecule has 2 nitrogen and oxygen atoms in total. The molecule has 1 saturated carbocycles. The zero-order valence-electron chi connectivity index (χ0n) is 19.9. The molecular weight excluding hydrogens is 475 g/mol. The Morgan fingerprint density at radius 3 is 1.94 bits per heavy atom. The van der Waals surface area contributed by atoms with E-state index in [4.69, 9.17) is 0 Å². The molecule has 0 atom stereocenters. The first-order valence-corrected chi connectivity index (χ1v) is 12.2. The SMILES string of the molecule is CCC1CCC(CCc2ccc(-c3cc(F)c(C(=O)O)c(F)c3-c3cc(F)c(F)c(F)c3)cc2)CC1. The number of rotatable bonds is 7. The highest BCUT2D eigenvalue weighted by Gasteiger charge is 2.26. The zero-order chi connectivity index (χ0) is 26.0. The summed E-state index contributed by atoms with van der Waals surface area (Å²) in [6.45, 7) is 2.23. The molecule has 0 amide bonds. The predicted molar refractivity (Wildman–Crippen MR) is 128 cm³/mol. The first-order chi connectivity index (χ1) is 17.2. The lowest BCUT2D eigenvalue weighted by Crippen LogP contribution is -2.14. The van der Waals surface area contributed by atoms with Gasteiger partial charge in [0, 0.05) is 5.56 Å². The maximum absolute atomic E-state index is 15.3. The van der Waals surface area contributed by atoms with Crippen LogP contribution in [0, 0.1) is 40.9 Å². The van der Waals surface area contributed by atoms with Crippen LogP contribution in [0.3, 0.4) is 0 Å². The first kappa shape index (κ1) is 25.9. The van der Waals surface area contributed by atoms with Crippen LogP contribution in [-0.2, 0) is 6.42 Å². The first-order valence-electron chi connectivity index (χ1n) is 12.2. The van der Waals surface area contributed by atoms with Crippen molar-refractivity contribution < 1.29 is 31.9 Å². The summed E-state index contributed by atoms with van der Waals surface area (Å²) in [6.07, 6.45) is 8.09. The number of benzene rings is 3. The van der Waals surface area contributed by atoms with Crippen molar-refractivity contribution in [2.24, 2.45) is 11.8 Å². The van der Waals surface area contributed by atoms with Crippen LogP contribution in [0.5, 0.6) is 0 Å². The van der Waals surface area contributed by atoms with Crippen LogP contribution in [0.15, 0.2) is 42.5 Å². The number of hydrogen-bond donors (Lipinski definition) is 1. The molecule has 0 unspecified atom stereocenters. The summed E-state index contributed by atoms with van der Waals surface area (Å²) in [6, 6.07) is 8.86. The van der Waals surface area contributed by atoms with Crippen LogP contribution >= 0.6 is 0 Å². The van der Waals surface area contributed by atoms with Crippen molar-refractivity contribution >= 4 is 5.97 Å². The Morgan fingerprint density at radius 1 is 0.806 bits per heavy atom. The molecule has 0 saturated heterocycles. The molecule has 0 aliphatic heterocycles. The van der Waals surface area contributed by atoms with Gasteiger partial charge in [-0.1, -0.05) is 63.3 Å². The maximum Gasteiger partial charge on any atom is 0.341 e. The monoisotopic (exact) mass is 502 g/mol. The summed E-state index contributed by atoms with van der Waals surface area (Å²) >= 11 is 0. The van der Waals surface area contributed by atoms with Crippen LogP contribution in [0.4, 0.5) is 22.0 Å². The van der Waals surface area contributed by atoms with E-state index in [1.165, 1.54) is 32.1 Å². The third kappa shape index (κ3) is 5.30. The molecule has 3 aromatic carbocycles. The van der Waals surface area contributed by atoms with E-state index in [2.05, 4.69) is 6.92 Å². The largest absolute Gasteiger partial charge is 0.477 e. The molecule has 0 radical (unpaired) electrons. The molecule has 3 aromatic rings. The van der Waals surface area contributed by atoms with Gasteiger partial charge in [0.25, 0.3) is 0 Å². The average Bonchev–Trinajstić information content (AvgIpc) is 2.86. The van der Waals surface area contributed by atoms with Crippen molar-refractivity contribution in [1.29, 1.82) is 0 Å². The van der Waals surface area contributed by atoms with Crippen molar-refractivity contribution in [2.45, 2.75) is 51.9 Å². The van der Waals surface area contributed by atoms with Gasteiger partial charge in [-0.3, -0.25) is 0 Å². The molecule has 0 heterocycles. The molecule has 0 aromatic heterocycles. The van der Waals surface area contributed by atoms with Crippen molar-refractivity contribution in [3.05, 3.63) is 82.7 Å². The van der Waals surface area contributed by atoms with Crippen LogP contribution in [0.1, 0.15) is 61.4 Å². The minimum atomic E-state index is -1.87. The highest BCUT2D eigenvalue weighted by Crippen LogP contribution is 2.39. The molecule has 1 N–H and O–H groups in total. The van der Waals surface area contributed by atoms with Crippen LogP contribution < -0.4 is 0 Å². The number of carbonyl (C=O) groups is 1. The van der Waals surface area contributed by atoms with Gasteiger partial charge in [0.15, 0.2) is 17.5 Å². The van der Waals surface area contributed by atoms with Gasteiger partial charge >= 0.3 is 5.97 Å². The fourth-order valence-electron chi connectivity index (χ4n) is 5.18. The normalized spacial score (nSPS) is 17.8. The lowest BCUT2D eigenvalue weighted by atomic mass is 9.78. The lowest BCUT2D eigenvalue weighted by molar-refractivity contribution is 0.0686. The third-order valence-corrected chi connectivity index (χ3v) is 7.35. The second kappa shape index (κ2) is 10.8. The summed E-state index contributed by atoms with van der Waals surface area (Å²) in [5.74, 6) is -8.07. The molecule has 7 heteroatoms. The summed E-state index contributed by atoms with van der Waals surface area (Å²) in [5, 5.41) is 9.28. The Balaban J connectivity index is 1.66. The fourth-order valence-corrected chi connectivity index (χ4v) is 5.18. The van der Waals surface area contributed by atoms with Gasteiger partial charge in [-0.05, 0) is 65.1 Å². The van der Waals surface area contributed by atoms with Crippen molar-refractivity contribution in [1.82, 2.24) is 0 Å². The van der Waals surface area contributed by atoms with Crippen molar-refractivity contribution in [3.8, 4) is 22.3 Å². The quantitative estimate of drug-likeness (QED) is 0.260. The van der Waals surface area contributed by atoms with Gasteiger partial charge in [-0.2, -0.15) is 0 Å². The lowest BCUT2D eigenvalue weighted by Gasteiger charge is -2.27. The summed E-state index contributed by atoms with van der Waals surface area (Å²) in [4.78, 5) is 11.5. The number of carboxylic acid groups (broad SMARTS) is 1. The topological polar surface area (TPSA) is 37.3 Å². The predicted octanol–water partition coefficient (Wildman–Crippen LogP) is 8.56. The molecule has 0 spiro atoms. The molecular formula is C29H27F5O2. The molecule has 0 bridgehead atoms. The van der Waals surface area contributed by atoms with E-state index in [-0.39, 0.29) is 5.56 Å². The van der Waals surface area contributed by atoms with Gasteiger partial charge < -0.3 is 5.11 Å². The fraction of sp³-hybridized carbons (Fsp3) is 0.345. The Bertz CT molecular complexity index is 1240. The number of aromatic carboxylic acids is 1. The van der Waals surface area contributed by atoms with E-state index in [0.29, 0.717) is 23.6 Å². The van der Waals surface area contributed by atoms with Gasteiger partial charge in [-0.25, -0.2) is 26.7 Å². The average molecular weight is 503 g/mol. The van der Waals surface area contributed by atoms with Gasteiger partial charge in [0.1, 0.15) is 17.2 Å². The van der Waals surface area contributed by atoms with E-state index in [9.17, 15) is 27.5 Å². The molecule has 1 aliphatic carbocycles. The molecule has 1 aliphatic rings. The summed E-state index contributed by atoms with van der Waals surface area (Å²) in [7, 11) is 0.